The molecule has 1 N–H and O–H groups in total. The smallest absolute Gasteiger partial charge is 0.230 e. The van der Waals surface area contributed by atoms with E-state index in [4.69, 9.17) is 4.74 Å². The van der Waals surface area contributed by atoms with Crippen molar-refractivity contribution >= 4 is 39.2 Å². The van der Waals surface area contributed by atoms with Gasteiger partial charge < -0.3 is 10.1 Å². The molecule has 2 aromatic rings. The van der Waals surface area contributed by atoms with Crippen LogP contribution in [0.4, 0.5) is 0 Å². The lowest BCUT2D eigenvalue weighted by Gasteiger charge is -2.10. The molecule has 1 aliphatic rings. The van der Waals surface area contributed by atoms with Gasteiger partial charge in [0.05, 0.1) is 22.1 Å². The monoisotopic (exact) mass is 322 g/mol. The predicted octanol–water partition coefficient (Wildman–Crippen LogP) is 2.82. The predicted molar refractivity (Wildman–Crippen MR) is 87.8 cm³/mol. The minimum Gasteiger partial charge on any atom is -0.376 e. The molecular formula is C15H18N2O2S2. The van der Waals surface area contributed by atoms with Gasteiger partial charge in [-0.15, -0.1) is 23.1 Å². The molecule has 0 spiro atoms. The molecule has 112 valence electrons. The van der Waals surface area contributed by atoms with Crippen LogP contribution in [0.25, 0.3) is 10.2 Å². The maximum Gasteiger partial charge on any atom is 0.230 e. The standard InChI is InChI=1S/C15H18N2O2S2/c18-14(16-8-11-4-3-7-19-11)9-20-10-15-17-12-5-1-2-6-13(12)21-15/h1-2,5-6,11H,3-4,7-10H2,(H,16,18). The summed E-state index contributed by atoms with van der Waals surface area (Å²) in [7, 11) is 0. The topological polar surface area (TPSA) is 51.2 Å². The number of fused-ring (bicyclic) bond motifs is 1. The molecule has 4 nitrogen and oxygen atoms in total. The van der Waals surface area contributed by atoms with E-state index in [-0.39, 0.29) is 12.0 Å². The summed E-state index contributed by atoms with van der Waals surface area (Å²) >= 11 is 3.31. The van der Waals surface area contributed by atoms with Gasteiger partial charge in [0.2, 0.25) is 5.91 Å². The van der Waals surface area contributed by atoms with E-state index < -0.39 is 0 Å². The van der Waals surface area contributed by atoms with Crippen molar-refractivity contribution in [2.45, 2.75) is 24.7 Å². The van der Waals surface area contributed by atoms with Crippen LogP contribution < -0.4 is 5.32 Å². The highest BCUT2D eigenvalue weighted by Crippen LogP contribution is 2.24. The minimum absolute atomic E-state index is 0.0802. The number of hydrogen-bond acceptors (Lipinski definition) is 5. The Bertz CT molecular complexity index is 575. The number of thiazole rings is 1. The SMILES string of the molecule is O=C(CSCc1nc2ccccc2s1)NCC1CCCO1. The van der Waals surface area contributed by atoms with E-state index in [0.717, 1.165) is 35.7 Å². The first-order valence-electron chi connectivity index (χ1n) is 7.12. The van der Waals surface area contributed by atoms with Gasteiger partial charge in [-0.2, -0.15) is 0 Å². The van der Waals surface area contributed by atoms with Crippen molar-refractivity contribution in [3.05, 3.63) is 29.3 Å². The van der Waals surface area contributed by atoms with E-state index in [2.05, 4.69) is 16.4 Å². The fraction of sp³-hybridized carbons (Fsp3) is 0.467. The number of hydrogen-bond donors (Lipinski definition) is 1. The number of benzene rings is 1. The highest BCUT2D eigenvalue weighted by atomic mass is 32.2. The summed E-state index contributed by atoms with van der Waals surface area (Å²) in [6, 6.07) is 8.12. The van der Waals surface area contributed by atoms with Crippen molar-refractivity contribution in [1.82, 2.24) is 10.3 Å². The Morgan fingerprint density at radius 3 is 3.19 bits per heavy atom. The number of nitrogens with zero attached hydrogens (tertiary/aromatic N) is 1. The van der Waals surface area contributed by atoms with Gasteiger partial charge in [-0.05, 0) is 25.0 Å². The zero-order chi connectivity index (χ0) is 14.5. The summed E-state index contributed by atoms with van der Waals surface area (Å²) in [6.45, 7) is 1.47. The van der Waals surface area contributed by atoms with Gasteiger partial charge in [-0.1, -0.05) is 12.1 Å². The molecule has 1 aliphatic heterocycles. The normalized spacial score (nSPS) is 18.2. The molecule has 1 unspecified atom stereocenters. The number of carbonyl (C=O) groups is 1. The van der Waals surface area contributed by atoms with Crippen LogP contribution in [-0.4, -0.2) is 35.9 Å². The van der Waals surface area contributed by atoms with E-state index in [1.54, 1.807) is 23.1 Å². The fourth-order valence-corrected chi connectivity index (χ4v) is 4.17. The van der Waals surface area contributed by atoms with Gasteiger partial charge in [0.1, 0.15) is 5.01 Å². The van der Waals surface area contributed by atoms with Gasteiger partial charge in [-0.25, -0.2) is 4.98 Å². The van der Waals surface area contributed by atoms with Gasteiger partial charge in [0, 0.05) is 18.9 Å². The number of nitrogens with one attached hydrogen (secondary N) is 1. The number of rotatable bonds is 6. The van der Waals surface area contributed by atoms with E-state index in [1.807, 2.05) is 18.2 Å². The second kappa shape index (κ2) is 7.24. The summed E-state index contributed by atoms with van der Waals surface area (Å²) in [6.07, 6.45) is 2.37. The van der Waals surface area contributed by atoms with Crippen molar-refractivity contribution in [2.75, 3.05) is 18.9 Å². The fourth-order valence-electron chi connectivity index (χ4n) is 2.30. The number of para-hydroxylation sites is 1. The van der Waals surface area contributed by atoms with E-state index in [9.17, 15) is 4.79 Å². The molecule has 1 fully saturated rings. The van der Waals surface area contributed by atoms with Crippen molar-refractivity contribution < 1.29 is 9.53 Å². The van der Waals surface area contributed by atoms with Crippen LogP contribution in [0.5, 0.6) is 0 Å². The lowest BCUT2D eigenvalue weighted by atomic mass is 10.2. The minimum atomic E-state index is 0.0802. The highest BCUT2D eigenvalue weighted by molar-refractivity contribution is 7.99. The number of ether oxygens (including phenoxy) is 1. The second-order valence-corrected chi connectivity index (χ2v) is 7.11. The van der Waals surface area contributed by atoms with Crippen LogP contribution in [0.3, 0.4) is 0 Å². The molecule has 1 aromatic heterocycles. The van der Waals surface area contributed by atoms with Crippen LogP contribution in [0.1, 0.15) is 17.8 Å². The molecule has 1 atom stereocenters. The maximum atomic E-state index is 11.8. The molecule has 0 aliphatic carbocycles. The average Bonchev–Trinajstić information content (AvgIpc) is 3.14. The lowest BCUT2D eigenvalue weighted by molar-refractivity contribution is -0.119. The zero-order valence-electron chi connectivity index (χ0n) is 11.7. The Morgan fingerprint density at radius 2 is 2.38 bits per heavy atom. The number of thioether (sulfide) groups is 1. The Morgan fingerprint density at radius 1 is 1.48 bits per heavy atom. The lowest BCUT2D eigenvalue weighted by Crippen LogP contribution is -2.32. The Hall–Kier alpha value is -1.11. The molecule has 0 radical (unpaired) electrons. The summed E-state index contributed by atoms with van der Waals surface area (Å²) in [5.74, 6) is 1.34. The Kier molecular flexibility index (Phi) is 5.11. The van der Waals surface area contributed by atoms with Gasteiger partial charge in [-0.3, -0.25) is 4.79 Å². The second-order valence-electron chi connectivity index (χ2n) is 5.01. The van der Waals surface area contributed by atoms with Crippen LogP contribution in [0.15, 0.2) is 24.3 Å². The summed E-state index contributed by atoms with van der Waals surface area (Å²) < 4.78 is 6.69. The van der Waals surface area contributed by atoms with Crippen LogP contribution in [0.2, 0.25) is 0 Å². The zero-order valence-corrected chi connectivity index (χ0v) is 13.3. The number of carbonyl (C=O) groups excluding carboxylic acids is 1. The first-order chi connectivity index (χ1) is 10.3. The third-order valence-corrected chi connectivity index (χ3v) is 5.51. The van der Waals surface area contributed by atoms with E-state index in [1.165, 1.54) is 4.70 Å². The number of aromatic nitrogens is 1. The third kappa shape index (κ3) is 4.18. The Labute approximate surface area is 132 Å². The van der Waals surface area contributed by atoms with E-state index in [0.29, 0.717) is 12.3 Å². The number of amides is 1. The molecular weight excluding hydrogens is 304 g/mol. The van der Waals surface area contributed by atoms with Crippen LogP contribution in [0, 0.1) is 0 Å². The molecule has 1 saturated heterocycles. The molecule has 21 heavy (non-hydrogen) atoms. The maximum absolute atomic E-state index is 11.8. The van der Waals surface area contributed by atoms with Gasteiger partial charge in [0.15, 0.2) is 0 Å². The molecule has 0 bridgehead atoms. The van der Waals surface area contributed by atoms with Crippen LogP contribution >= 0.6 is 23.1 Å². The molecule has 1 amide bonds. The molecule has 6 heteroatoms. The largest absolute Gasteiger partial charge is 0.376 e. The van der Waals surface area contributed by atoms with Crippen molar-refractivity contribution in [1.29, 1.82) is 0 Å². The Balaban J connectivity index is 1.39. The summed E-state index contributed by atoms with van der Waals surface area (Å²) in [4.78, 5) is 16.3. The first-order valence-corrected chi connectivity index (χ1v) is 9.09. The van der Waals surface area contributed by atoms with Gasteiger partial charge in [0.25, 0.3) is 0 Å². The first kappa shape index (κ1) is 14.8. The highest BCUT2D eigenvalue weighted by Gasteiger charge is 2.16. The summed E-state index contributed by atoms with van der Waals surface area (Å²) in [5.41, 5.74) is 1.04. The van der Waals surface area contributed by atoms with Crippen LogP contribution in [-0.2, 0) is 15.3 Å². The third-order valence-electron chi connectivity index (χ3n) is 3.35. The molecule has 3 rings (SSSR count). The quantitative estimate of drug-likeness (QED) is 0.888. The van der Waals surface area contributed by atoms with E-state index >= 15 is 0 Å². The van der Waals surface area contributed by atoms with Crippen molar-refractivity contribution in [2.24, 2.45) is 0 Å². The average molecular weight is 322 g/mol. The summed E-state index contributed by atoms with van der Waals surface area (Å²) in [5, 5.41) is 4.01. The molecule has 0 saturated carbocycles. The molecule has 2 heterocycles. The van der Waals surface area contributed by atoms with Crippen molar-refractivity contribution in [3.63, 3.8) is 0 Å². The van der Waals surface area contributed by atoms with Gasteiger partial charge >= 0.3 is 0 Å². The molecule has 1 aromatic carbocycles. The van der Waals surface area contributed by atoms with Crippen molar-refractivity contribution in [3.8, 4) is 0 Å².